The number of ether oxygens (including phenoxy) is 1. The Morgan fingerprint density at radius 1 is 1.23 bits per heavy atom. The maximum Gasteiger partial charge on any atom is 0.340 e. The number of esters is 1. The summed E-state index contributed by atoms with van der Waals surface area (Å²) in [5, 5.41) is 9.09. The second-order valence-electron chi connectivity index (χ2n) is 4.82. The molecule has 0 saturated heterocycles. The molecule has 0 unspecified atom stereocenters. The van der Waals surface area contributed by atoms with Gasteiger partial charge in [0.05, 0.1) is 29.5 Å². The normalized spacial score (nSPS) is 10.4. The Bertz CT molecular complexity index is 887. The number of rotatable bonds is 3. The van der Waals surface area contributed by atoms with Crippen LogP contribution < -0.4 is 0 Å². The zero-order valence-corrected chi connectivity index (χ0v) is 12.1. The zero-order chi connectivity index (χ0) is 15.5. The summed E-state index contributed by atoms with van der Waals surface area (Å²) < 4.78 is 7.09. The lowest BCUT2D eigenvalue weighted by atomic mass is 10.1. The van der Waals surface area contributed by atoms with Gasteiger partial charge in [-0.05, 0) is 37.3 Å². The molecule has 0 N–H and O–H groups in total. The molecule has 3 aromatic rings. The minimum absolute atomic E-state index is 0.322. The van der Waals surface area contributed by atoms with Crippen LogP contribution in [0.5, 0.6) is 0 Å². The first-order valence-corrected chi connectivity index (χ1v) is 7.02. The van der Waals surface area contributed by atoms with Crippen molar-refractivity contribution in [2.75, 3.05) is 6.61 Å². The highest BCUT2D eigenvalue weighted by Crippen LogP contribution is 2.29. The second-order valence-corrected chi connectivity index (χ2v) is 4.82. The average molecular weight is 290 g/mol. The van der Waals surface area contributed by atoms with E-state index in [-0.39, 0.29) is 5.97 Å². The van der Waals surface area contributed by atoms with Gasteiger partial charge < -0.3 is 9.14 Å². The minimum Gasteiger partial charge on any atom is -0.462 e. The summed E-state index contributed by atoms with van der Waals surface area (Å²) in [6.07, 6.45) is 1.90. The predicted molar refractivity (Wildman–Crippen MR) is 83.5 cm³/mol. The number of hydrogen-bond acceptors (Lipinski definition) is 3. The first kappa shape index (κ1) is 13.9. The number of carbonyl (C=O) groups excluding carboxylic acids is 1. The van der Waals surface area contributed by atoms with Crippen LogP contribution in [0.4, 0.5) is 0 Å². The lowest BCUT2D eigenvalue weighted by Crippen LogP contribution is -2.05. The quantitative estimate of drug-likeness (QED) is 0.692. The van der Waals surface area contributed by atoms with Gasteiger partial charge in [-0.15, -0.1) is 0 Å². The Labute approximate surface area is 128 Å². The molecule has 108 valence electrons. The molecule has 0 radical (unpaired) electrons. The first-order valence-electron chi connectivity index (χ1n) is 7.02. The van der Waals surface area contributed by atoms with Crippen molar-refractivity contribution < 1.29 is 9.53 Å². The summed E-state index contributed by atoms with van der Waals surface area (Å²) in [4.78, 5) is 12.3. The van der Waals surface area contributed by atoms with Crippen molar-refractivity contribution in [3.8, 4) is 17.3 Å². The number of pyridine rings is 1. The molecule has 0 saturated carbocycles. The maximum atomic E-state index is 12.3. The fourth-order valence-corrected chi connectivity index (χ4v) is 2.52. The van der Waals surface area contributed by atoms with E-state index >= 15 is 0 Å². The fraction of sp³-hybridized carbons (Fsp3) is 0.111. The molecule has 0 aliphatic heterocycles. The Balaban J connectivity index is 2.28. The molecule has 4 heteroatoms. The SMILES string of the molecule is CCOC(=O)c1cc2ccccn2c1-c1cccc(C#N)c1. The maximum absolute atomic E-state index is 12.3. The summed E-state index contributed by atoms with van der Waals surface area (Å²) in [6, 6.07) is 16.9. The van der Waals surface area contributed by atoms with Gasteiger partial charge in [-0.3, -0.25) is 0 Å². The van der Waals surface area contributed by atoms with E-state index < -0.39 is 0 Å². The molecular weight excluding hydrogens is 276 g/mol. The van der Waals surface area contributed by atoms with Crippen molar-refractivity contribution in [2.24, 2.45) is 0 Å². The molecular formula is C18H14N2O2. The van der Waals surface area contributed by atoms with E-state index in [2.05, 4.69) is 6.07 Å². The smallest absolute Gasteiger partial charge is 0.340 e. The van der Waals surface area contributed by atoms with Gasteiger partial charge in [-0.2, -0.15) is 5.26 Å². The van der Waals surface area contributed by atoms with Crippen LogP contribution in [-0.4, -0.2) is 17.0 Å². The van der Waals surface area contributed by atoms with Crippen LogP contribution in [-0.2, 0) is 4.74 Å². The van der Waals surface area contributed by atoms with Crippen LogP contribution in [0.3, 0.4) is 0 Å². The van der Waals surface area contributed by atoms with E-state index in [9.17, 15) is 4.79 Å². The van der Waals surface area contributed by atoms with Crippen LogP contribution >= 0.6 is 0 Å². The molecule has 3 rings (SSSR count). The lowest BCUT2D eigenvalue weighted by Gasteiger charge is -2.07. The molecule has 0 aliphatic rings. The van der Waals surface area contributed by atoms with Crippen LogP contribution in [0.15, 0.2) is 54.7 Å². The van der Waals surface area contributed by atoms with Gasteiger partial charge in [0, 0.05) is 17.3 Å². The van der Waals surface area contributed by atoms with Crippen LogP contribution in [0.1, 0.15) is 22.8 Å². The molecule has 2 aromatic heterocycles. The summed E-state index contributed by atoms with van der Waals surface area (Å²) in [6.45, 7) is 2.10. The van der Waals surface area contributed by atoms with Gasteiger partial charge in [0.1, 0.15) is 0 Å². The highest BCUT2D eigenvalue weighted by Gasteiger charge is 2.19. The number of carbonyl (C=O) groups is 1. The molecule has 0 aliphatic carbocycles. The minimum atomic E-state index is -0.358. The molecule has 4 nitrogen and oxygen atoms in total. The zero-order valence-electron chi connectivity index (χ0n) is 12.1. The molecule has 0 atom stereocenters. The topological polar surface area (TPSA) is 54.5 Å². The average Bonchev–Trinajstić information content (AvgIpc) is 2.94. The number of fused-ring (bicyclic) bond motifs is 1. The summed E-state index contributed by atoms with van der Waals surface area (Å²) in [5.74, 6) is -0.358. The largest absolute Gasteiger partial charge is 0.462 e. The molecule has 22 heavy (non-hydrogen) atoms. The van der Waals surface area contributed by atoms with Gasteiger partial charge in [0.25, 0.3) is 0 Å². The molecule has 1 aromatic carbocycles. The van der Waals surface area contributed by atoms with Gasteiger partial charge >= 0.3 is 5.97 Å². The fourth-order valence-electron chi connectivity index (χ4n) is 2.52. The number of nitrogens with zero attached hydrogens (tertiary/aromatic N) is 2. The standard InChI is InChI=1S/C18H14N2O2/c1-2-22-18(21)16-11-15-8-3-4-9-20(15)17(16)14-7-5-6-13(10-14)12-19/h3-11H,2H2,1H3. The molecule has 0 amide bonds. The van der Waals surface area contributed by atoms with Gasteiger partial charge in [0.15, 0.2) is 0 Å². The molecule has 2 heterocycles. The molecule has 0 bridgehead atoms. The van der Waals surface area contributed by atoms with Crippen molar-refractivity contribution in [3.63, 3.8) is 0 Å². The number of aromatic nitrogens is 1. The number of nitriles is 1. The lowest BCUT2D eigenvalue weighted by molar-refractivity contribution is 0.0527. The van der Waals surface area contributed by atoms with Crippen LogP contribution in [0.2, 0.25) is 0 Å². The number of hydrogen-bond donors (Lipinski definition) is 0. The third kappa shape index (κ3) is 2.33. The third-order valence-electron chi connectivity index (χ3n) is 3.44. The summed E-state index contributed by atoms with van der Waals surface area (Å²) >= 11 is 0. The van der Waals surface area contributed by atoms with Crippen molar-refractivity contribution in [1.29, 1.82) is 5.26 Å². The van der Waals surface area contributed by atoms with E-state index in [4.69, 9.17) is 10.00 Å². The third-order valence-corrected chi connectivity index (χ3v) is 3.44. The van der Waals surface area contributed by atoms with Crippen molar-refractivity contribution in [3.05, 3.63) is 65.9 Å². The van der Waals surface area contributed by atoms with E-state index in [0.717, 1.165) is 16.8 Å². The van der Waals surface area contributed by atoms with Gasteiger partial charge in [0.2, 0.25) is 0 Å². The monoisotopic (exact) mass is 290 g/mol. The second kappa shape index (κ2) is 5.74. The Morgan fingerprint density at radius 2 is 2.09 bits per heavy atom. The van der Waals surface area contributed by atoms with Crippen LogP contribution in [0.25, 0.3) is 16.8 Å². The highest BCUT2D eigenvalue weighted by atomic mass is 16.5. The van der Waals surface area contributed by atoms with E-state index in [0.29, 0.717) is 17.7 Å². The van der Waals surface area contributed by atoms with E-state index in [1.807, 2.05) is 47.0 Å². The summed E-state index contributed by atoms with van der Waals surface area (Å²) in [7, 11) is 0. The van der Waals surface area contributed by atoms with Crippen molar-refractivity contribution in [1.82, 2.24) is 4.40 Å². The van der Waals surface area contributed by atoms with Gasteiger partial charge in [-0.1, -0.05) is 18.2 Å². The van der Waals surface area contributed by atoms with E-state index in [1.54, 1.807) is 19.1 Å². The van der Waals surface area contributed by atoms with Crippen LogP contribution in [0, 0.1) is 11.3 Å². The van der Waals surface area contributed by atoms with Crippen molar-refractivity contribution in [2.45, 2.75) is 6.92 Å². The molecule has 0 fully saturated rings. The Hall–Kier alpha value is -3.06. The van der Waals surface area contributed by atoms with Crippen molar-refractivity contribution >= 4 is 11.5 Å². The number of benzene rings is 1. The van der Waals surface area contributed by atoms with Gasteiger partial charge in [-0.25, -0.2) is 4.79 Å². The predicted octanol–water partition coefficient (Wildman–Crippen LogP) is 3.65. The first-order chi connectivity index (χ1) is 10.7. The van der Waals surface area contributed by atoms with E-state index in [1.165, 1.54) is 0 Å². The Kier molecular flexibility index (Phi) is 3.63. The molecule has 0 spiro atoms. The Morgan fingerprint density at radius 3 is 2.86 bits per heavy atom. The highest BCUT2D eigenvalue weighted by molar-refractivity contribution is 5.99. The summed E-state index contributed by atoms with van der Waals surface area (Å²) in [5.41, 5.74) is 3.52.